The van der Waals surface area contributed by atoms with Crippen LogP contribution in [0.3, 0.4) is 0 Å². The van der Waals surface area contributed by atoms with Crippen molar-refractivity contribution in [2.45, 2.75) is 45.8 Å². The van der Waals surface area contributed by atoms with Gasteiger partial charge in [0.1, 0.15) is 16.9 Å². The maximum atomic E-state index is 15.2. The topological polar surface area (TPSA) is 80.3 Å². The minimum atomic E-state index is -0.636. The highest BCUT2D eigenvalue weighted by Crippen LogP contribution is 2.39. The van der Waals surface area contributed by atoms with Crippen molar-refractivity contribution in [1.29, 1.82) is 0 Å². The van der Waals surface area contributed by atoms with E-state index in [-0.39, 0.29) is 5.56 Å². The molecule has 3 aromatic heterocycles. The Labute approximate surface area is 218 Å². The lowest BCUT2D eigenvalue weighted by Gasteiger charge is -2.20. The molecule has 1 aliphatic carbocycles. The minimum Gasteiger partial charge on any atom is -0.465 e. The molecular formula is C29H29FN4O4. The molecule has 0 N–H and O–H groups in total. The van der Waals surface area contributed by atoms with E-state index in [1.165, 1.54) is 13.2 Å². The quantitative estimate of drug-likeness (QED) is 0.263. The zero-order valence-corrected chi connectivity index (χ0v) is 22.0. The molecule has 0 bridgehead atoms. The van der Waals surface area contributed by atoms with Crippen molar-refractivity contribution in [3.8, 4) is 11.5 Å². The first kappa shape index (κ1) is 24.2. The van der Waals surface area contributed by atoms with Gasteiger partial charge in [0.25, 0.3) is 0 Å². The van der Waals surface area contributed by atoms with Crippen molar-refractivity contribution in [2.75, 3.05) is 7.11 Å². The highest BCUT2D eigenvalue weighted by molar-refractivity contribution is 6.09. The van der Waals surface area contributed by atoms with E-state index in [2.05, 4.69) is 4.57 Å². The van der Waals surface area contributed by atoms with E-state index in [9.17, 15) is 9.59 Å². The summed E-state index contributed by atoms with van der Waals surface area (Å²) in [4.78, 5) is 30.0. The Balaban J connectivity index is 1.60. The largest absolute Gasteiger partial charge is 0.465 e. The van der Waals surface area contributed by atoms with Crippen LogP contribution in [0.15, 0.2) is 42.6 Å². The van der Waals surface area contributed by atoms with E-state index < -0.39 is 23.5 Å². The van der Waals surface area contributed by atoms with Crippen LogP contribution >= 0.6 is 0 Å². The van der Waals surface area contributed by atoms with E-state index in [1.54, 1.807) is 28.4 Å². The molecule has 0 aliphatic heterocycles. The maximum absolute atomic E-state index is 15.2. The fraction of sp³-hybridized carbons (Fsp3) is 0.345. The normalized spacial score (nSPS) is 14.1. The standard InChI is InChI=1S/C29H29FN4O4/c1-29(2,3)38-28(36)33-11-10-17-8-9-18-14-22(34(15-16-6-7-16)24(18)23(17)33)26-31-21-13-19(27(35)37-5)12-20(30)25(21)32(26)4/h8-14,16H,6-7,15H2,1-5H3. The van der Waals surface area contributed by atoms with Gasteiger partial charge < -0.3 is 18.6 Å². The number of ether oxygens (including phenoxy) is 2. The first-order chi connectivity index (χ1) is 18.1. The average molecular weight is 517 g/mol. The Morgan fingerprint density at radius 2 is 1.79 bits per heavy atom. The summed E-state index contributed by atoms with van der Waals surface area (Å²) in [5.41, 5.74) is 2.63. The van der Waals surface area contributed by atoms with Crippen molar-refractivity contribution in [3.05, 3.63) is 54.0 Å². The van der Waals surface area contributed by atoms with Gasteiger partial charge in [-0.2, -0.15) is 0 Å². The Morgan fingerprint density at radius 1 is 1.05 bits per heavy atom. The van der Waals surface area contributed by atoms with Crippen LogP contribution in [-0.2, 0) is 23.1 Å². The van der Waals surface area contributed by atoms with Gasteiger partial charge in [0.05, 0.1) is 34.9 Å². The number of esters is 1. The first-order valence-corrected chi connectivity index (χ1v) is 12.7. The third-order valence-electron chi connectivity index (χ3n) is 7.01. The molecule has 0 spiro atoms. The molecule has 8 nitrogen and oxygen atoms in total. The number of aryl methyl sites for hydroxylation is 1. The summed E-state index contributed by atoms with van der Waals surface area (Å²) in [6.45, 7) is 6.28. The highest BCUT2D eigenvalue weighted by Gasteiger charge is 2.28. The fourth-order valence-electron chi connectivity index (χ4n) is 5.13. The Kier molecular flexibility index (Phi) is 5.38. The second-order valence-electron chi connectivity index (χ2n) is 11.0. The first-order valence-electron chi connectivity index (χ1n) is 12.7. The van der Waals surface area contributed by atoms with E-state index in [1.807, 2.05) is 45.0 Å². The van der Waals surface area contributed by atoms with Gasteiger partial charge in [0.15, 0.2) is 5.82 Å². The predicted octanol–water partition coefficient (Wildman–Crippen LogP) is 6.27. The average Bonchev–Trinajstić information content (AvgIpc) is 3.29. The smallest absolute Gasteiger partial charge is 0.419 e. The number of carbonyl (C=O) groups is 2. The van der Waals surface area contributed by atoms with Crippen LogP contribution < -0.4 is 0 Å². The van der Waals surface area contributed by atoms with Crippen LogP contribution in [0.25, 0.3) is 44.4 Å². The number of methoxy groups -OCH3 is 1. The van der Waals surface area contributed by atoms with Gasteiger partial charge in [-0.1, -0.05) is 12.1 Å². The maximum Gasteiger partial charge on any atom is 0.419 e. The molecule has 6 rings (SSSR count). The second-order valence-corrected chi connectivity index (χ2v) is 11.0. The van der Waals surface area contributed by atoms with Gasteiger partial charge in [-0.25, -0.2) is 19.0 Å². The van der Waals surface area contributed by atoms with Crippen molar-refractivity contribution in [3.63, 3.8) is 0 Å². The van der Waals surface area contributed by atoms with Gasteiger partial charge in [-0.3, -0.25) is 4.57 Å². The number of imidazole rings is 1. The summed E-state index contributed by atoms with van der Waals surface area (Å²) in [7, 11) is 3.03. The van der Waals surface area contributed by atoms with E-state index >= 15 is 4.39 Å². The molecule has 196 valence electrons. The molecule has 0 atom stereocenters. The summed E-state index contributed by atoms with van der Waals surface area (Å²) in [6, 6.07) is 10.7. The summed E-state index contributed by atoms with van der Waals surface area (Å²) < 4.78 is 31.1. The van der Waals surface area contributed by atoms with Crippen LogP contribution in [0.1, 0.15) is 44.0 Å². The minimum absolute atomic E-state index is 0.109. The zero-order chi connectivity index (χ0) is 26.9. The van der Waals surface area contributed by atoms with Crippen LogP contribution in [0, 0.1) is 11.7 Å². The summed E-state index contributed by atoms with van der Waals surface area (Å²) in [5, 5.41) is 1.86. The molecule has 5 aromatic rings. The lowest BCUT2D eigenvalue weighted by molar-refractivity contribution is 0.0543. The number of benzene rings is 2. The van der Waals surface area contributed by atoms with Gasteiger partial charge in [-0.15, -0.1) is 0 Å². The number of nitrogens with zero attached hydrogens (tertiary/aromatic N) is 4. The fourth-order valence-corrected chi connectivity index (χ4v) is 5.13. The molecule has 0 amide bonds. The van der Waals surface area contributed by atoms with E-state index in [0.29, 0.717) is 22.8 Å². The van der Waals surface area contributed by atoms with Crippen LogP contribution in [-0.4, -0.2) is 43.5 Å². The van der Waals surface area contributed by atoms with Crippen molar-refractivity contribution >= 4 is 44.9 Å². The number of fused-ring (bicyclic) bond motifs is 4. The lowest BCUT2D eigenvalue weighted by Crippen LogP contribution is -2.26. The van der Waals surface area contributed by atoms with E-state index in [0.717, 1.165) is 46.9 Å². The Hall–Kier alpha value is -4.14. The van der Waals surface area contributed by atoms with Gasteiger partial charge in [-0.05, 0) is 63.8 Å². The molecule has 0 saturated heterocycles. The molecule has 0 unspecified atom stereocenters. The molecule has 1 fully saturated rings. The lowest BCUT2D eigenvalue weighted by atomic mass is 10.2. The SMILES string of the molecule is COC(=O)c1cc(F)c2c(c1)nc(-c1cc3ccc4ccn(C(=O)OC(C)(C)C)c4c3n1CC1CC1)n2C. The molecule has 38 heavy (non-hydrogen) atoms. The van der Waals surface area contributed by atoms with Gasteiger partial charge >= 0.3 is 12.1 Å². The molecule has 0 radical (unpaired) electrons. The predicted molar refractivity (Wildman–Crippen MR) is 143 cm³/mol. The number of hydrogen-bond donors (Lipinski definition) is 0. The molecule has 1 aliphatic rings. The zero-order valence-electron chi connectivity index (χ0n) is 22.0. The number of aromatic nitrogens is 4. The number of hydrogen-bond acceptors (Lipinski definition) is 5. The molecule has 1 saturated carbocycles. The third-order valence-corrected chi connectivity index (χ3v) is 7.01. The Bertz CT molecular complexity index is 1760. The third kappa shape index (κ3) is 3.93. The molecule has 3 heterocycles. The van der Waals surface area contributed by atoms with Gasteiger partial charge in [0, 0.05) is 30.6 Å². The van der Waals surface area contributed by atoms with E-state index in [4.69, 9.17) is 14.5 Å². The van der Waals surface area contributed by atoms with Crippen molar-refractivity contribution in [2.24, 2.45) is 13.0 Å². The molecule has 9 heteroatoms. The molecular weight excluding hydrogens is 487 g/mol. The summed E-state index contributed by atoms with van der Waals surface area (Å²) in [5.74, 6) is -0.0791. The number of halogens is 1. The monoisotopic (exact) mass is 516 g/mol. The van der Waals surface area contributed by atoms with Crippen LogP contribution in [0.5, 0.6) is 0 Å². The second kappa shape index (κ2) is 8.44. The highest BCUT2D eigenvalue weighted by atomic mass is 19.1. The summed E-state index contributed by atoms with van der Waals surface area (Å²) in [6.07, 6.45) is 3.55. The molecule has 2 aromatic carbocycles. The summed E-state index contributed by atoms with van der Waals surface area (Å²) >= 11 is 0. The van der Waals surface area contributed by atoms with Crippen molar-refractivity contribution in [1.82, 2.24) is 18.7 Å². The van der Waals surface area contributed by atoms with Crippen molar-refractivity contribution < 1.29 is 23.5 Å². The van der Waals surface area contributed by atoms with Crippen LogP contribution in [0.4, 0.5) is 9.18 Å². The van der Waals surface area contributed by atoms with Gasteiger partial charge in [0.2, 0.25) is 0 Å². The number of rotatable bonds is 4. The number of carbonyl (C=O) groups excluding carboxylic acids is 2. The Morgan fingerprint density at radius 3 is 2.47 bits per heavy atom. The van der Waals surface area contributed by atoms with Crippen LogP contribution in [0.2, 0.25) is 0 Å².